The summed E-state index contributed by atoms with van der Waals surface area (Å²) in [5.41, 5.74) is 4.43. The standard InChI is InChI=1S/C18H23NO3S/c1-12-10-14(3)18(11-13(12)2)15(4)19-23(20,21)17-8-6-16(22-5)7-9-17/h6-11,15,19H,1-5H3/t15-/m1/s1. The first-order chi connectivity index (χ1) is 10.7. The number of hydrogen-bond acceptors (Lipinski definition) is 3. The second-order valence-corrected chi connectivity index (χ2v) is 7.53. The highest BCUT2D eigenvalue weighted by atomic mass is 32.2. The Morgan fingerprint density at radius 3 is 2.09 bits per heavy atom. The summed E-state index contributed by atoms with van der Waals surface area (Å²) in [4.78, 5) is 0.228. The second-order valence-electron chi connectivity index (χ2n) is 5.81. The van der Waals surface area contributed by atoms with Gasteiger partial charge in [-0.2, -0.15) is 0 Å². The Morgan fingerprint density at radius 2 is 1.52 bits per heavy atom. The van der Waals surface area contributed by atoms with Gasteiger partial charge in [0.25, 0.3) is 0 Å². The summed E-state index contributed by atoms with van der Waals surface area (Å²) in [6.07, 6.45) is 0. The molecule has 0 aliphatic heterocycles. The van der Waals surface area contributed by atoms with E-state index in [4.69, 9.17) is 4.74 Å². The van der Waals surface area contributed by atoms with Crippen LogP contribution in [0.4, 0.5) is 0 Å². The molecule has 0 saturated heterocycles. The summed E-state index contributed by atoms with van der Waals surface area (Å²) >= 11 is 0. The van der Waals surface area contributed by atoms with Gasteiger partial charge in [0.05, 0.1) is 12.0 Å². The van der Waals surface area contributed by atoms with Crippen molar-refractivity contribution < 1.29 is 13.2 Å². The van der Waals surface area contributed by atoms with E-state index in [1.54, 1.807) is 31.4 Å². The minimum atomic E-state index is -3.58. The van der Waals surface area contributed by atoms with Gasteiger partial charge in [-0.3, -0.25) is 0 Å². The number of benzene rings is 2. The molecule has 0 aliphatic rings. The van der Waals surface area contributed by atoms with Gasteiger partial charge < -0.3 is 4.74 Å². The summed E-state index contributed by atoms with van der Waals surface area (Å²) in [5.74, 6) is 0.627. The van der Waals surface area contributed by atoms with Crippen LogP contribution < -0.4 is 9.46 Å². The highest BCUT2D eigenvalue weighted by Crippen LogP contribution is 2.24. The predicted molar refractivity (Wildman–Crippen MR) is 92.4 cm³/mol. The van der Waals surface area contributed by atoms with Gasteiger partial charge in [-0.1, -0.05) is 12.1 Å². The number of aryl methyl sites for hydroxylation is 3. The lowest BCUT2D eigenvalue weighted by Crippen LogP contribution is -2.27. The van der Waals surface area contributed by atoms with Gasteiger partial charge in [0, 0.05) is 6.04 Å². The van der Waals surface area contributed by atoms with E-state index < -0.39 is 10.0 Å². The van der Waals surface area contributed by atoms with Gasteiger partial charge in [-0.25, -0.2) is 13.1 Å². The zero-order valence-electron chi connectivity index (χ0n) is 14.2. The van der Waals surface area contributed by atoms with Gasteiger partial charge >= 0.3 is 0 Å². The molecule has 0 radical (unpaired) electrons. The first-order valence-electron chi connectivity index (χ1n) is 7.48. The minimum Gasteiger partial charge on any atom is -0.497 e. The average molecular weight is 333 g/mol. The van der Waals surface area contributed by atoms with Gasteiger partial charge in [0.15, 0.2) is 0 Å². The Morgan fingerprint density at radius 1 is 0.957 bits per heavy atom. The largest absolute Gasteiger partial charge is 0.497 e. The smallest absolute Gasteiger partial charge is 0.241 e. The zero-order chi connectivity index (χ0) is 17.2. The molecule has 0 fully saturated rings. The third-order valence-electron chi connectivity index (χ3n) is 4.05. The molecular weight excluding hydrogens is 310 g/mol. The van der Waals surface area contributed by atoms with Crippen molar-refractivity contribution in [2.75, 3.05) is 7.11 Å². The van der Waals surface area contributed by atoms with Gasteiger partial charge in [0.2, 0.25) is 10.0 Å². The first kappa shape index (κ1) is 17.5. The minimum absolute atomic E-state index is 0.228. The molecule has 2 aromatic carbocycles. The zero-order valence-corrected chi connectivity index (χ0v) is 15.0. The maximum absolute atomic E-state index is 12.5. The molecular formula is C18H23NO3S. The number of rotatable bonds is 5. The molecule has 2 aromatic rings. The fourth-order valence-corrected chi connectivity index (χ4v) is 3.79. The van der Waals surface area contributed by atoms with Crippen LogP contribution in [-0.4, -0.2) is 15.5 Å². The molecule has 0 unspecified atom stereocenters. The van der Waals surface area contributed by atoms with E-state index in [1.165, 1.54) is 5.56 Å². The Bertz CT molecular complexity index is 796. The van der Waals surface area contributed by atoms with E-state index in [2.05, 4.69) is 17.7 Å². The van der Waals surface area contributed by atoms with Crippen LogP contribution >= 0.6 is 0 Å². The second kappa shape index (κ2) is 6.72. The lowest BCUT2D eigenvalue weighted by molar-refractivity contribution is 0.414. The predicted octanol–water partition coefficient (Wildman–Crippen LogP) is 3.66. The monoisotopic (exact) mass is 333 g/mol. The van der Waals surface area contributed by atoms with Crippen LogP contribution in [0.5, 0.6) is 5.75 Å². The number of hydrogen-bond donors (Lipinski definition) is 1. The number of methoxy groups -OCH3 is 1. The molecule has 0 aliphatic carbocycles. The van der Waals surface area contributed by atoms with E-state index >= 15 is 0 Å². The number of nitrogens with one attached hydrogen (secondary N) is 1. The fourth-order valence-electron chi connectivity index (χ4n) is 2.57. The van der Waals surface area contributed by atoms with Crippen molar-refractivity contribution >= 4 is 10.0 Å². The van der Waals surface area contributed by atoms with Crippen molar-refractivity contribution in [3.63, 3.8) is 0 Å². The summed E-state index contributed by atoms with van der Waals surface area (Å²) in [6, 6.07) is 10.2. The lowest BCUT2D eigenvalue weighted by Gasteiger charge is -2.18. The SMILES string of the molecule is COc1ccc(S(=O)(=O)N[C@H](C)c2cc(C)c(C)cc2C)cc1. The molecule has 5 heteroatoms. The van der Waals surface area contributed by atoms with Crippen molar-refractivity contribution in [1.82, 2.24) is 4.72 Å². The van der Waals surface area contributed by atoms with Crippen LogP contribution in [0.3, 0.4) is 0 Å². The molecule has 1 atom stereocenters. The molecule has 0 amide bonds. The van der Waals surface area contributed by atoms with Gasteiger partial charge in [-0.15, -0.1) is 0 Å². The van der Waals surface area contributed by atoms with Crippen LogP contribution in [0.1, 0.15) is 35.2 Å². The highest BCUT2D eigenvalue weighted by molar-refractivity contribution is 7.89. The van der Waals surface area contributed by atoms with Crippen LogP contribution in [0, 0.1) is 20.8 Å². The molecule has 2 rings (SSSR count). The van der Waals surface area contributed by atoms with Crippen molar-refractivity contribution in [2.45, 2.75) is 38.6 Å². The molecule has 0 heterocycles. The van der Waals surface area contributed by atoms with Crippen molar-refractivity contribution in [3.05, 3.63) is 58.7 Å². The molecule has 0 spiro atoms. The molecule has 0 bridgehead atoms. The van der Waals surface area contributed by atoms with Crippen LogP contribution in [-0.2, 0) is 10.0 Å². The van der Waals surface area contributed by atoms with Gasteiger partial charge in [0.1, 0.15) is 5.75 Å². The van der Waals surface area contributed by atoms with Crippen molar-refractivity contribution in [2.24, 2.45) is 0 Å². The third kappa shape index (κ3) is 3.92. The molecule has 0 aromatic heterocycles. The highest BCUT2D eigenvalue weighted by Gasteiger charge is 2.19. The summed E-state index contributed by atoms with van der Waals surface area (Å²) in [7, 11) is -2.03. The third-order valence-corrected chi connectivity index (χ3v) is 5.61. The number of ether oxygens (including phenoxy) is 1. The fraction of sp³-hybridized carbons (Fsp3) is 0.333. The van der Waals surface area contributed by atoms with E-state index in [1.807, 2.05) is 26.8 Å². The Kier molecular flexibility index (Phi) is 5.12. The van der Waals surface area contributed by atoms with Gasteiger partial charge in [-0.05, 0) is 74.2 Å². The maximum Gasteiger partial charge on any atom is 0.241 e. The first-order valence-corrected chi connectivity index (χ1v) is 8.97. The Balaban J connectivity index is 2.27. The summed E-state index contributed by atoms with van der Waals surface area (Å²) in [6.45, 7) is 7.94. The maximum atomic E-state index is 12.5. The van der Waals surface area contributed by atoms with E-state index in [0.717, 1.165) is 16.7 Å². The normalized spacial score (nSPS) is 12.9. The van der Waals surface area contributed by atoms with E-state index in [-0.39, 0.29) is 10.9 Å². The average Bonchev–Trinajstić information content (AvgIpc) is 2.50. The molecule has 124 valence electrons. The Hall–Kier alpha value is -1.85. The van der Waals surface area contributed by atoms with Crippen LogP contribution in [0.15, 0.2) is 41.3 Å². The topological polar surface area (TPSA) is 55.4 Å². The molecule has 4 nitrogen and oxygen atoms in total. The van der Waals surface area contributed by atoms with E-state index in [9.17, 15) is 8.42 Å². The quantitative estimate of drug-likeness (QED) is 0.908. The van der Waals surface area contributed by atoms with Crippen molar-refractivity contribution in [3.8, 4) is 5.75 Å². The van der Waals surface area contributed by atoms with Crippen LogP contribution in [0.2, 0.25) is 0 Å². The van der Waals surface area contributed by atoms with Crippen molar-refractivity contribution in [1.29, 1.82) is 0 Å². The van der Waals surface area contributed by atoms with E-state index in [0.29, 0.717) is 5.75 Å². The lowest BCUT2D eigenvalue weighted by atomic mass is 9.97. The number of sulfonamides is 1. The van der Waals surface area contributed by atoms with Crippen LogP contribution in [0.25, 0.3) is 0 Å². The summed E-state index contributed by atoms with van der Waals surface area (Å²) < 4.78 is 32.9. The molecule has 1 N–H and O–H groups in total. The Labute approximate surface area is 138 Å². The molecule has 0 saturated carbocycles. The summed E-state index contributed by atoms with van der Waals surface area (Å²) in [5, 5.41) is 0. The molecule has 23 heavy (non-hydrogen) atoms.